The Labute approximate surface area is 95.1 Å². The first kappa shape index (κ1) is 10.8. The van der Waals surface area contributed by atoms with Crippen molar-refractivity contribution in [2.75, 3.05) is 6.54 Å². The second-order valence-electron chi connectivity index (χ2n) is 3.75. The smallest absolute Gasteiger partial charge is 0.0949 e. The van der Waals surface area contributed by atoms with Crippen molar-refractivity contribution >= 4 is 0 Å². The van der Waals surface area contributed by atoms with Crippen molar-refractivity contribution in [1.82, 2.24) is 14.5 Å². The van der Waals surface area contributed by atoms with E-state index in [2.05, 4.69) is 26.8 Å². The summed E-state index contributed by atoms with van der Waals surface area (Å²) in [6.07, 6.45) is 9.44. The predicted octanol–water partition coefficient (Wildman–Crippen LogP) is 1.02. The van der Waals surface area contributed by atoms with Crippen LogP contribution in [0.3, 0.4) is 0 Å². The van der Waals surface area contributed by atoms with E-state index >= 15 is 0 Å². The highest BCUT2D eigenvalue weighted by atomic mass is 15.0. The molecule has 0 amide bonds. The summed E-state index contributed by atoms with van der Waals surface area (Å²) in [5, 5.41) is 0. The fourth-order valence-corrected chi connectivity index (χ4v) is 1.61. The van der Waals surface area contributed by atoms with Crippen molar-refractivity contribution in [1.29, 1.82) is 0 Å². The second-order valence-corrected chi connectivity index (χ2v) is 3.75. The Bertz CT molecular complexity index is 422. The number of rotatable bonds is 5. The summed E-state index contributed by atoms with van der Waals surface area (Å²) in [6.45, 7) is 1.59. The van der Waals surface area contributed by atoms with Gasteiger partial charge in [0.2, 0.25) is 0 Å². The number of aryl methyl sites for hydroxylation is 2. The average molecular weight is 216 g/mol. The van der Waals surface area contributed by atoms with Crippen molar-refractivity contribution in [3.8, 4) is 0 Å². The van der Waals surface area contributed by atoms with Crippen LogP contribution in [0.5, 0.6) is 0 Å². The molecule has 0 bridgehead atoms. The van der Waals surface area contributed by atoms with Crippen LogP contribution in [0.1, 0.15) is 11.3 Å². The summed E-state index contributed by atoms with van der Waals surface area (Å²) >= 11 is 0. The van der Waals surface area contributed by atoms with E-state index in [1.807, 2.05) is 18.6 Å². The number of aromatic nitrogens is 3. The topological polar surface area (TPSA) is 56.7 Å². The van der Waals surface area contributed by atoms with E-state index in [1.165, 1.54) is 5.56 Å². The zero-order valence-electron chi connectivity index (χ0n) is 9.21. The number of nitrogens with zero attached hydrogens (tertiary/aromatic N) is 3. The van der Waals surface area contributed by atoms with Gasteiger partial charge in [0.15, 0.2) is 0 Å². The Morgan fingerprint density at radius 1 is 1.31 bits per heavy atom. The summed E-state index contributed by atoms with van der Waals surface area (Å²) in [7, 11) is 0. The van der Waals surface area contributed by atoms with Gasteiger partial charge in [-0.05, 0) is 24.6 Å². The van der Waals surface area contributed by atoms with Gasteiger partial charge in [0.25, 0.3) is 0 Å². The van der Waals surface area contributed by atoms with Gasteiger partial charge < -0.3 is 10.3 Å². The highest BCUT2D eigenvalue weighted by Crippen LogP contribution is 2.02. The molecule has 0 saturated carbocycles. The fourth-order valence-electron chi connectivity index (χ4n) is 1.61. The highest BCUT2D eigenvalue weighted by molar-refractivity contribution is 5.08. The molecule has 0 aromatic carbocycles. The number of hydrogen-bond acceptors (Lipinski definition) is 3. The van der Waals surface area contributed by atoms with Gasteiger partial charge in [-0.1, -0.05) is 6.07 Å². The van der Waals surface area contributed by atoms with Gasteiger partial charge in [-0.15, -0.1) is 0 Å². The largest absolute Gasteiger partial charge is 0.337 e. The van der Waals surface area contributed by atoms with Crippen LogP contribution in [0.2, 0.25) is 0 Å². The first-order valence-electron chi connectivity index (χ1n) is 5.48. The monoisotopic (exact) mass is 216 g/mol. The molecule has 0 aliphatic rings. The van der Waals surface area contributed by atoms with E-state index in [1.54, 1.807) is 6.20 Å². The number of pyridine rings is 1. The van der Waals surface area contributed by atoms with E-state index in [0.29, 0.717) is 6.54 Å². The lowest BCUT2D eigenvalue weighted by molar-refractivity contribution is 0.693. The third-order valence-corrected chi connectivity index (χ3v) is 2.47. The minimum Gasteiger partial charge on any atom is -0.337 e. The molecule has 2 aromatic rings. The van der Waals surface area contributed by atoms with Crippen molar-refractivity contribution < 1.29 is 0 Å². The maximum absolute atomic E-state index is 5.48. The standard InChI is InChI=1S/C12H16N4/c13-5-3-12-9-16(10-15-12)7-4-11-2-1-6-14-8-11/h1-2,6,8-10H,3-5,7,13H2. The third-order valence-electron chi connectivity index (χ3n) is 2.47. The van der Waals surface area contributed by atoms with Gasteiger partial charge >= 0.3 is 0 Å². The minimum atomic E-state index is 0.652. The molecular weight excluding hydrogens is 200 g/mol. The second kappa shape index (κ2) is 5.42. The Kier molecular flexibility index (Phi) is 3.66. The lowest BCUT2D eigenvalue weighted by Gasteiger charge is -2.01. The van der Waals surface area contributed by atoms with E-state index in [9.17, 15) is 0 Å². The van der Waals surface area contributed by atoms with Gasteiger partial charge in [0.05, 0.1) is 12.0 Å². The quantitative estimate of drug-likeness (QED) is 0.812. The maximum atomic E-state index is 5.48. The first-order chi connectivity index (χ1) is 7.88. The molecule has 0 radical (unpaired) electrons. The Morgan fingerprint density at radius 3 is 3.00 bits per heavy atom. The SMILES string of the molecule is NCCc1cn(CCc2cccnc2)cn1. The molecule has 4 heteroatoms. The summed E-state index contributed by atoms with van der Waals surface area (Å²) < 4.78 is 2.10. The van der Waals surface area contributed by atoms with Crippen LogP contribution in [-0.4, -0.2) is 21.1 Å². The van der Waals surface area contributed by atoms with Crippen molar-refractivity contribution in [3.05, 3.63) is 48.3 Å². The van der Waals surface area contributed by atoms with Gasteiger partial charge in [0.1, 0.15) is 0 Å². The third kappa shape index (κ3) is 2.90. The molecule has 4 nitrogen and oxygen atoms in total. The summed E-state index contributed by atoms with van der Waals surface area (Å²) in [5.74, 6) is 0. The van der Waals surface area contributed by atoms with E-state index in [-0.39, 0.29) is 0 Å². The molecule has 2 heterocycles. The van der Waals surface area contributed by atoms with Gasteiger partial charge in [-0.2, -0.15) is 0 Å². The van der Waals surface area contributed by atoms with Crippen LogP contribution < -0.4 is 5.73 Å². The summed E-state index contributed by atoms with van der Waals surface area (Å²) in [5.41, 5.74) is 7.79. The molecule has 0 saturated heterocycles. The number of imidazole rings is 1. The summed E-state index contributed by atoms with van der Waals surface area (Å²) in [6, 6.07) is 4.05. The van der Waals surface area contributed by atoms with Crippen molar-refractivity contribution in [2.45, 2.75) is 19.4 Å². The Balaban J connectivity index is 1.89. The minimum absolute atomic E-state index is 0.652. The molecule has 2 rings (SSSR count). The molecule has 2 N–H and O–H groups in total. The van der Waals surface area contributed by atoms with Crippen LogP contribution in [0.15, 0.2) is 37.1 Å². The summed E-state index contributed by atoms with van der Waals surface area (Å²) in [4.78, 5) is 8.38. The van der Waals surface area contributed by atoms with Crippen LogP contribution in [-0.2, 0) is 19.4 Å². The zero-order chi connectivity index (χ0) is 11.2. The van der Waals surface area contributed by atoms with E-state index < -0.39 is 0 Å². The lowest BCUT2D eigenvalue weighted by Crippen LogP contribution is -2.03. The molecule has 0 fully saturated rings. The maximum Gasteiger partial charge on any atom is 0.0949 e. The zero-order valence-corrected chi connectivity index (χ0v) is 9.21. The number of hydrogen-bond donors (Lipinski definition) is 1. The van der Waals surface area contributed by atoms with Gasteiger partial charge in [0, 0.05) is 31.6 Å². The predicted molar refractivity (Wildman–Crippen MR) is 62.9 cm³/mol. The number of nitrogens with two attached hydrogens (primary N) is 1. The van der Waals surface area contributed by atoms with E-state index in [0.717, 1.165) is 25.1 Å². The lowest BCUT2D eigenvalue weighted by atomic mass is 10.2. The molecule has 84 valence electrons. The molecular formula is C12H16N4. The van der Waals surface area contributed by atoms with E-state index in [4.69, 9.17) is 5.73 Å². The molecule has 0 aliphatic heterocycles. The molecule has 0 spiro atoms. The normalized spacial score (nSPS) is 10.6. The first-order valence-corrected chi connectivity index (χ1v) is 5.48. The van der Waals surface area contributed by atoms with Crippen molar-refractivity contribution in [2.24, 2.45) is 5.73 Å². The van der Waals surface area contributed by atoms with Crippen LogP contribution >= 0.6 is 0 Å². The molecule has 16 heavy (non-hydrogen) atoms. The Hall–Kier alpha value is -1.68. The van der Waals surface area contributed by atoms with Gasteiger partial charge in [-0.25, -0.2) is 4.98 Å². The molecule has 2 aromatic heterocycles. The van der Waals surface area contributed by atoms with Crippen LogP contribution in [0.4, 0.5) is 0 Å². The molecule has 0 unspecified atom stereocenters. The molecule has 0 aliphatic carbocycles. The van der Waals surface area contributed by atoms with Crippen LogP contribution in [0, 0.1) is 0 Å². The molecule has 0 atom stereocenters. The average Bonchev–Trinajstić information content (AvgIpc) is 2.76. The van der Waals surface area contributed by atoms with Crippen molar-refractivity contribution in [3.63, 3.8) is 0 Å². The fraction of sp³-hybridized carbons (Fsp3) is 0.333. The Morgan fingerprint density at radius 2 is 2.25 bits per heavy atom. The highest BCUT2D eigenvalue weighted by Gasteiger charge is 1.98. The van der Waals surface area contributed by atoms with Gasteiger partial charge in [-0.3, -0.25) is 4.98 Å². The van der Waals surface area contributed by atoms with Crippen LogP contribution in [0.25, 0.3) is 0 Å².